The summed E-state index contributed by atoms with van der Waals surface area (Å²) in [7, 11) is -0.334. The van der Waals surface area contributed by atoms with E-state index < -0.39 is 10.0 Å². The summed E-state index contributed by atoms with van der Waals surface area (Å²) in [5.74, 6) is 0.539. The van der Waals surface area contributed by atoms with Crippen LogP contribution < -0.4 is 5.32 Å². The number of hydrogen-bond acceptors (Lipinski definition) is 3. The SMILES string of the molecule is CN(C)S(=O)(=O)c1ccccc1NCC1CC(Cl)C1. The van der Waals surface area contributed by atoms with Crippen LogP contribution in [-0.2, 0) is 10.0 Å². The Hall–Kier alpha value is -0.780. The van der Waals surface area contributed by atoms with Crippen molar-refractivity contribution >= 4 is 27.3 Å². The standard InChI is InChI=1S/C13H19ClN2O2S/c1-16(2)19(17,18)13-6-4-3-5-12(13)15-9-10-7-11(14)8-10/h3-6,10-11,15H,7-9H2,1-2H3. The summed E-state index contributed by atoms with van der Waals surface area (Å²) in [5.41, 5.74) is 0.661. The molecular formula is C13H19ClN2O2S. The van der Waals surface area contributed by atoms with Gasteiger partial charge < -0.3 is 5.32 Å². The van der Waals surface area contributed by atoms with E-state index in [2.05, 4.69) is 5.32 Å². The van der Waals surface area contributed by atoms with Crippen molar-refractivity contribution in [1.82, 2.24) is 4.31 Å². The van der Waals surface area contributed by atoms with Crippen LogP contribution in [0.4, 0.5) is 5.69 Å². The highest BCUT2D eigenvalue weighted by atomic mass is 35.5. The van der Waals surface area contributed by atoms with Crippen molar-refractivity contribution < 1.29 is 8.42 Å². The molecule has 1 N–H and O–H groups in total. The van der Waals surface area contributed by atoms with Crippen molar-refractivity contribution in [2.75, 3.05) is 26.0 Å². The monoisotopic (exact) mass is 302 g/mol. The van der Waals surface area contributed by atoms with Gasteiger partial charge in [-0.2, -0.15) is 0 Å². The number of halogens is 1. The second-order valence-electron chi connectivity index (χ2n) is 5.10. The molecule has 106 valence electrons. The van der Waals surface area contributed by atoms with Crippen LogP contribution in [0.2, 0.25) is 0 Å². The lowest BCUT2D eigenvalue weighted by molar-refractivity contribution is 0.341. The molecule has 0 amide bonds. The minimum absolute atomic E-state index is 0.285. The molecule has 1 aromatic carbocycles. The van der Waals surface area contributed by atoms with E-state index in [-0.39, 0.29) is 5.38 Å². The highest BCUT2D eigenvalue weighted by Gasteiger charge is 2.27. The third-order valence-corrected chi connectivity index (χ3v) is 5.63. The third kappa shape index (κ3) is 3.22. The maximum atomic E-state index is 12.2. The topological polar surface area (TPSA) is 49.4 Å². The molecular weight excluding hydrogens is 284 g/mol. The molecule has 0 aliphatic heterocycles. The summed E-state index contributed by atoms with van der Waals surface area (Å²) >= 11 is 5.94. The van der Waals surface area contributed by atoms with Gasteiger partial charge in [0.15, 0.2) is 0 Å². The van der Waals surface area contributed by atoms with E-state index in [1.807, 2.05) is 6.07 Å². The Bertz CT molecular complexity index is 539. The largest absolute Gasteiger partial charge is 0.384 e. The lowest BCUT2D eigenvalue weighted by atomic mass is 9.85. The predicted octanol–water partition coefficient (Wildman–Crippen LogP) is 2.37. The van der Waals surface area contributed by atoms with E-state index in [0.717, 1.165) is 19.4 Å². The second-order valence-corrected chi connectivity index (χ2v) is 7.84. The average Bonchev–Trinajstić information content (AvgIpc) is 2.33. The molecule has 0 aromatic heterocycles. The first-order valence-electron chi connectivity index (χ1n) is 6.30. The van der Waals surface area contributed by atoms with Gasteiger partial charge in [0.25, 0.3) is 0 Å². The first kappa shape index (κ1) is 14.6. The van der Waals surface area contributed by atoms with Gasteiger partial charge in [0, 0.05) is 26.0 Å². The molecule has 0 heterocycles. The molecule has 4 nitrogen and oxygen atoms in total. The highest BCUT2D eigenvalue weighted by molar-refractivity contribution is 7.89. The highest BCUT2D eigenvalue weighted by Crippen LogP contribution is 2.32. The quantitative estimate of drug-likeness (QED) is 0.850. The maximum Gasteiger partial charge on any atom is 0.244 e. The molecule has 0 bridgehead atoms. The van der Waals surface area contributed by atoms with E-state index in [4.69, 9.17) is 11.6 Å². The zero-order valence-electron chi connectivity index (χ0n) is 11.1. The average molecular weight is 303 g/mol. The third-order valence-electron chi connectivity index (χ3n) is 3.41. The van der Waals surface area contributed by atoms with Crippen molar-refractivity contribution in [1.29, 1.82) is 0 Å². The number of alkyl halides is 1. The van der Waals surface area contributed by atoms with Gasteiger partial charge in [-0.05, 0) is 30.9 Å². The summed E-state index contributed by atoms with van der Waals surface area (Å²) in [4.78, 5) is 0.321. The number of anilines is 1. The fourth-order valence-corrected chi connectivity index (χ4v) is 3.68. The van der Waals surface area contributed by atoms with E-state index in [1.54, 1.807) is 18.2 Å². The van der Waals surface area contributed by atoms with Gasteiger partial charge in [0.05, 0.1) is 5.69 Å². The minimum atomic E-state index is -3.41. The number of rotatable bonds is 5. The van der Waals surface area contributed by atoms with Gasteiger partial charge in [0.2, 0.25) is 10.0 Å². The Labute approximate surface area is 119 Å². The Morgan fingerprint density at radius 1 is 1.32 bits per heavy atom. The number of sulfonamides is 1. The van der Waals surface area contributed by atoms with Crippen LogP contribution in [0, 0.1) is 5.92 Å². The molecule has 0 atom stereocenters. The van der Waals surface area contributed by atoms with Gasteiger partial charge in [0.1, 0.15) is 4.90 Å². The van der Waals surface area contributed by atoms with E-state index in [9.17, 15) is 8.42 Å². The van der Waals surface area contributed by atoms with Gasteiger partial charge >= 0.3 is 0 Å². The summed E-state index contributed by atoms with van der Waals surface area (Å²) in [5, 5.41) is 3.52. The van der Waals surface area contributed by atoms with Gasteiger partial charge in [-0.3, -0.25) is 0 Å². The van der Waals surface area contributed by atoms with Gasteiger partial charge in [-0.1, -0.05) is 12.1 Å². The maximum absolute atomic E-state index is 12.2. The summed E-state index contributed by atoms with van der Waals surface area (Å²) in [6.07, 6.45) is 1.99. The van der Waals surface area contributed by atoms with Gasteiger partial charge in [-0.25, -0.2) is 12.7 Å². The first-order chi connectivity index (χ1) is 8.91. The second kappa shape index (κ2) is 5.69. The number of nitrogens with one attached hydrogen (secondary N) is 1. The van der Waals surface area contributed by atoms with Crippen LogP contribution in [0.15, 0.2) is 29.2 Å². The van der Waals surface area contributed by atoms with Crippen LogP contribution >= 0.6 is 11.6 Å². The van der Waals surface area contributed by atoms with E-state index >= 15 is 0 Å². The van der Waals surface area contributed by atoms with Crippen LogP contribution in [0.25, 0.3) is 0 Å². The van der Waals surface area contributed by atoms with Crippen LogP contribution in [0.3, 0.4) is 0 Å². The van der Waals surface area contributed by atoms with E-state index in [0.29, 0.717) is 16.5 Å². The molecule has 1 fully saturated rings. The number of nitrogens with zero attached hydrogens (tertiary/aromatic N) is 1. The molecule has 1 aliphatic carbocycles. The Morgan fingerprint density at radius 3 is 2.53 bits per heavy atom. The zero-order valence-corrected chi connectivity index (χ0v) is 12.7. The predicted molar refractivity (Wildman–Crippen MR) is 78.2 cm³/mol. The molecule has 0 radical (unpaired) electrons. The molecule has 2 rings (SSSR count). The number of para-hydroxylation sites is 1. The molecule has 0 spiro atoms. The smallest absolute Gasteiger partial charge is 0.244 e. The molecule has 1 saturated carbocycles. The summed E-state index contributed by atoms with van der Waals surface area (Å²) in [6.45, 7) is 0.767. The molecule has 0 unspecified atom stereocenters. The van der Waals surface area contributed by atoms with Crippen molar-refractivity contribution in [3.63, 3.8) is 0 Å². The van der Waals surface area contributed by atoms with Crippen molar-refractivity contribution in [2.24, 2.45) is 5.92 Å². The Balaban J connectivity index is 2.13. The van der Waals surface area contributed by atoms with Crippen molar-refractivity contribution in [2.45, 2.75) is 23.1 Å². The molecule has 1 aliphatic rings. The van der Waals surface area contributed by atoms with Crippen LogP contribution in [0.5, 0.6) is 0 Å². The zero-order chi connectivity index (χ0) is 14.0. The normalized spacial score (nSPS) is 23.2. The van der Waals surface area contributed by atoms with Crippen LogP contribution in [-0.4, -0.2) is 38.7 Å². The van der Waals surface area contributed by atoms with E-state index in [1.165, 1.54) is 18.4 Å². The molecule has 19 heavy (non-hydrogen) atoms. The molecule has 0 saturated heterocycles. The molecule has 6 heteroatoms. The lowest BCUT2D eigenvalue weighted by Gasteiger charge is -2.31. The van der Waals surface area contributed by atoms with Crippen molar-refractivity contribution in [3.8, 4) is 0 Å². The Kier molecular flexibility index (Phi) is 4.38. The fraction of sp³-hybridized carbons (Fsp3) is 0.538. The van der Waals surface area contributed by atoms with Gasteiger partial charge in [-0.15, -0.1) is 11.6 Å². The fourth-order valence-electron chi connectivity index (χ4n) is 2.11. The lowest BCUT2D eigenvalue weighted by Crippen LogP contribution is -2.30. The summed E-state index contributed by atoms with van der Waals surface area (Å²) in [6, 6.07) is 7.00. The number of benzene rings is 1. The minimum Gasteiger partial charge on any atom is -0.384 e. The number of hydrogen-bond donors (Lipinski definition) is 1. The molecule has 1 aromatic rings. The Morgan fingerprint density at radius 2 is 1.95 bits per heavy atom. The summed E-state index contributed by atoms with van der Waals surface area (Å²) < 4.78 is 25.6. The van der Waals surface area contributed by atoms with Crippen LogP contribution in [0.1, 0.15) is 12.8 Å². The first-order valence-corrected chi connectivity index (χ1v) is 8.18. The van der Waals surface area contributed by atoms with Crippen molar-refractivity contribution in [3.05, 3.63) is 24.3 Å².